The molecule has 0 aliphatic carbocycles. The highest BCUT2D eigenvalue weighted by Crippen LogP contribution is 2.02. The van der Waals surface area contributed by atoms with Crippen LogP contribution in [0.5, 0.6) is 0 Å². The topological polar surface area (TPSA) is 46.0 Å². The molecular formula is C15H27N5. The number of nitrogens with one attached hydrogen (secondary N) is 1. The Morgan fingerprint density at radius 3 is 2.75 bits per heavy atom. The maximum absolute atomic E-state index is 5.38. The van der Waals surface area contributed by atoms with Gasteiger partial charge in [0.05, 0.1) is 18.8 Å². The van der Waals surface area contributed by atoms with E-state index in [0.717, 1.165) is 38.3 Å². The van der Waals surface area contributed by atoms with E-state index in [-0.39, 0.29) is 5.54 Å². The minimum absolute atomic E-state index is 0.0918. The van der Waals surface area contributed by atoms with Crippen molar-refractivity contribution in [2.24, 2.45) is 0 Å². The summed E-state index contributed by atoms with van der Waals surface area (Å²) in [5.74, 6) is 2.70. The smallest absolute Gasteiger partial charge is 0.0965 e. The van der Waals surface area contributed by atoms with E-state index in [4.69, 9.17) is 6.42 Å². The lowest BCUT2D eigenvalue weighted by Gasteiger charge is -2.19. The molecule has 1 N–H and O–H groups in total. The van der Waals surface area contributed by atoms with E-state index in [1.165, 1.54) is 0 Å². The van der Waals surface area contributed by atoms with Crippen molar-refractivity contribution >= 4 is 0 Å². The Morgan fingerprint density at radius 1 is 1.40 bits per heavy atom. The van der Waals surface area contributed by atoms with Crippen LogP contribution in [-0.4, -0.2) is 45.1 Å². The van der Waals surface area contributed by atoms with Gasteiger partial charge in [-0.2, -0.15) is 0 Å². The molecule has 0 aromatic carbocycles. The predicted octanol–water partition coefficient (Wildman–Crippen LogP) is 1.51. The number of hydrogen-bond donors (Lipinski definition) is 1. The first kappa shape index (κ1) is 16.7. The van der Waals surface area contributed by atoms with Gasteiger partial charge in [-0.1, -0.05) is 18.1 Å². The number of rotatable bonds is 8. The average Bonchev–Trinajstić information content (AvgIpc) is 2.81. The number of aromatic nitrogens is 3. The lowest BCUT2D eigenvalue weighted by molar-refractivity contribution is 0.287. The van der Waals surface area contributed by atoms with Crippen molar-refractivity contribution < 1.29 is 0 Å². The largest absolute Gasteiger partial charge is 0.306 e. The maximum Gasteiger partial charge on any atom is 0.0965 e. The summed E-state index contributed by atoms with van der Waals surface area (Å²) in [5.41, 5.74) is 1.06. The third kappa shape index (κ3) is 6.69. The van der Waals surface area contributed by atoms with Crippen molar-refractivity contribution in [2.75, 3.05) is 19.6 Å². The first-order chi connectivity index (χ1) is 9.44. The third-order valence-electron chi connectivity index (χ3n) is 2.89. The molecule has 0 aliphatic heterocycles. The van der Waals surface area contributed by atoms with Crippen LogP contribution in [0.3, 0.4) is 0 Å². The summed E-state index contributed by atoms with van der Waals surface area (Å²) in [6.07, 6.45) is 8.49. The Labute approximate surface area is 122 Å². The first-order valence-corrected chi connectivity index (χ1v) is 7.24. The van der Waals surface area contributed by atoms with Gasteiger partial charge in [0, 0.05) is 24.8 Å². The van der Waals surface area contributed by atoms with Crippen LogP contribution in [0.2, 0.25) is 0 Å². The van der Waals surface area contributed by atoms with Gasteiger partial charge in [-0.25, -0.2) is 0 Å². The van der Waals surface area contributed by atoms with Crippen LogP contribution in [0, 0.1) is 12.3 Å². The number of hydrogen-bond acceptors (Lipinski definition) is 4. The van der Waals surface area contributed by atoms with Gasteiger partial charge in [0.1, 0.15) is 0 Å². The van der Waals surface area contributed by atoms with Crippen molar-refractivity contribution in [3.8, 4) is 12.3 Å². The van der Waals surface area contributed by atoms with Crippen molar-refractivity contribution in [2.45, 2.75) is 52.7 Å². The molecule has 1 rings (SSSR count). The minimum Gasteiger partial charge on any atom is -0.306 e. The Hall–Kier alpha value is -1.38. The minimum atomic E-state index is 0.0918. The fraction of sp³-hybridized carbons (Fsp3) is 0.733. The lowest BCUT2D eigenvalue weighted by Crippen LogP contribution is -2.35. The highest BCUT2D eigenvalue weighted by molar-refractivity contribution is 4.93. The van der Waals surface area contributed by atoms with Crippen LogP contribution in [0.1, 0.15) is 39.8 Å². The normalized spacial score (nSPS) is 11.8. The van der Waals surface area contributed by atoms with Crippen LogP contribution in [-0.2, 0) is 13.1 Å². The van der Waals surface area contributed by atoms with Crippen LogP contribution >= 0.6 is 0 Å². The SMILES string of the molecule is C#CCN(CCC)CCn1cc(CNC(C)(C)C)nn1. The van der Waals surface area contributed by atoms with Gasteiger partial charge in [-0.05, 0) is 33.7 Å². The highest BCUT2D eigenvalue weighted by Gasteiger charge is 2.10. The molecule has 5 nitrogen and oxygen atoms in total. The van der Waals surface area contributed by atoms with Gasteiger partial charge in [0.25, 0.3) is 0 Å². The second-order valence-electron chi connectivity index (χ2n) is 6.06. The summed E-state index contributed by atoms with van der Waals surface area (Å²) >= 11 is 0. The Morgan fingerprint density at radius 2 is 2.15 bits per heavy atom. The van der Waals surface area contributed by atoms with Gasteiger partial charge in [0.15, 0.2) is 0 Å². The van der Waals surface area contributed by atoms with E-state index < -0.39 is 0 Å². The predicted molar refractivity (Wildman–Crippen MR) is 82.2 cm³/mol. The molecule has 0 aliphatic rings. The van der Waals surface area contributed by atoms with Crippen LogP contribution in [0.4, 0.5) is 0 Å². The summed E-state index contributed by atoms with van der Waals surface area (Å²) in [5, 5.41) is 11.7. The molecule has 1 aromatic heterocycles. The Balaban J connectivity index is 2.41. The van der Waals surface area contributed by atoms with Gasteiger partial charge in [-0.3, -0.25) is 9.58 Å². The van der Waals surface area contributed by atoms with Crippen molar-refractivity contribution in [1.29, 1.82) is 0 Å². The highest BCUT2D eigenvalue weighted by atomic mass is 15.4. The molecule has 0 atom stereocenters. The third-order valence-corrected chi connectivity index (χ3v) is 2.89. The molecule has 0 spiro atoms. The summed E-state index contributed by atoms with van der Waals surface area (Å²) in [7, 11) is 0. The second-order valence-corrected chi connectivity index (χ2v) is 6.06. The molecule has 112 valence electrons. The fourth-order valence-corrected chi connectivity index (χ4v) is 1.84. The first-order valence-electron chi connectivity index (χ1n) is 7.24. The van der Waals surface area contributed by atoms with Crippen LogP contribution in [0.15, 0.2) is 6.20 Å². The zero-order valence-electron chi connectivity index (χ0n) is 13.2. The average molecular weight is 277 g/mol. The summed E-state index contributed by atoms with van der Waals surface area (Å²) in [4.78, 5) is 2.26. The van der Waals surface area contributed by atoms with Gasteiger partial charge in [0.2, 0.25) is 0 Å². The summed E-state index contributed by atoms with van der Waals surface area (Å²) < 4.78 is 1.89. The second kappa shape index (κ2) is 8.03. The molecule has 0 fully saturated rings. The van der Waals surface area contributed by atoms with Gasteiger partial charge < -0.3 is 5.32 Å². The van der Waals surface area contributed by atoms with Crippen molar-refractivity contribution in [3.05, 3.63) is 11.9 Å². The molecule has 0 amide bonds. The van der Waals surface area contributed by atoms with Crippen molar-refractivity contribution in [1.82, 2.24) is 25.2 Å². The lowest BCUT2D eigenvalue weighted by atomic mass is 10.1. The molecule has 1 heterocycles. The van der Waals surface area contributed by atoms with E-state index in [9.17, 15) is 0 Å². The molecule has 0 unspecified atom stereocenters. The molecular weight excluding hydrogens is 250 g/mol. The van der Waals surface area contributed by atoms with E-state index in [0.29, 0.717) is 6.54 Å². The van der Waals surface area contributed by atoms with E-state index >= 15 is 0 Å². The fourth-order valence-electron chi connectivity index (χ4n) is 1.84. The Kier molecular flexibility index (Phi) is 6.69. The molecule has 5 heteroatoms. The monoisotopic (exact) mass is 277 g/mol. The Bertz CT molecular complexity index is 424. The molecule has 0 saturated heterocycles. The molecule has 20 heavy (non-hydrogen) atoms. The standard InChI is InChI=1S/C15H27N5/c1-6-8-19(9-7-2)10-11-20-13-14(17-18-20)12-16-15(3,4)5/h1,13,16H,7-12H2,2-5H3. The zero-order chi connectivity index (χ0) is 15.0. The summed E-state index contributed by atoms with van der Waals surface area (Å²) in [6, 6.07) is 0. The zero-order valence-corrected chi connectivity index (χ0v) is 13.2. The van der Waals surface area contributed by atoms with E-state index in [1.807, 2.05) is 10.9 Å². The van der Waals surface area contributed by atoms with Gasteiger partial charge in [-0.15, -0.1) is 11.5 Å². The van der Waals surface area contributed by atoms with E-state index in [1.54, 1.807) is 0 Å². The van der Waals surface area contributed by atoms with Crippen LogP contribution in [0.25, 0.3) is 0 Å². The number of terminal acetylenes is 1. The summed E-state index contributed by atoms with van der Waals surface area (Å²) in [6.45, 7) is 12.8. The molecule has 0 bridgehead atoms. The number of nitrogens with zero attached hydrogens (tertiary/aromatic N) is 4. The molecule has 1 aromatic rings. The van der Waals surface area contributed by atoms with Gasteiger partial charge >= 0.3 is 0 Å². The van der Waals surface area contributed by atoms with Crippen molar-refractivity contribution in [3.63, 3.8) is 0 Å². The quantitative estimate of drug-likeness (QED) is 0.732. The van der Waals surface area contributed by atoms with E-state index in [2.05, 4.69) is 54.1 Å². The maximum atomic E-state index is 5.38. The van der Waals surface area contributed by atoms with Crippen LogP contribution < -0.4 is 5.32 Å². The molecule has 0 radical (unpaired) electrons. The molecule has 0 saturated carbocycles.